The van der Waals surface area contributed by atoms with Crippen molar-refractivity contribution in [3.05, 3.63) is 81.2 Å². The van der Waals surface area contributed by atoms with Crippen LogP contribution >= 0.6 is 23.8 Å². The van der Waals surface area contributed by atoms with E-state index in [4.69, 9.17) is 28.2 Å². The molecule has 1 saturated heterocycles. The van der Waals surface area contributed by atoms with Gasteiger partial charge in [0.1, 0.15) is 17.4 Å². The number of carbonyl (C=O) groups excluding carboxylic acids is 2. The Morgan fingerprint density at radius 2 is 1.75 bits per heavy atom. The first-order chi connectivity index (χ1) is 13.5. The summed E-state index contributed by atoms with van der Waals surface area (Å²) in [5.41, 5.74) is 0.363. The lowest BCUT2D eigenvalue weighted by atomic mass is 10.1. The average Bonchev–Trinajstić information content (AvgIpc) is 2.68. The Balaban J connectivity index is 1.80. The fraction of sp³-hybridized carbons (Fsp3) is 0. The number of benzene rings is 2. The van der Waals surface area contributed by atoms with Crippen LogP contribution in [0.15, 0.2) is 69.6 Å². The molecular formula is C20H11ClN2O4S. The van der Waals surface area contributed by atoms with Crippen molar-refractivity contribution >= 4 is 63.5 Å². The lowest BCUT2D eigenvalue weighted by Gasteiger charge is -2.28. The summed E-state index contributed by atoms with van der Waals surface area (Å²) >= 11 is 11.0. The van der Waals surface area contributed by atoms with Gasteiger partial charge in [0.25, 0.3) is 11.8 Å². The van der Waals surface area contributed by atoms with Crippen LogP contribution in [0.1, 0.15) is 5.56 Å². The van der Waals surface area contributed by atoms with E-state index in [1.54, 1.807) is 48.5 Å². The number of thiocarbonyl (C=S) groups is 1. The Hall–Kier alpha value is -3.29. The molecule has 1 aromatic heterocycles. The molecule has 4 rings (SSSR count). The van der Waals surface area contributed by atoms with E-state index in [-0.39, 0.29) is 21.7 Å². The molecule has 2 heterocycles. The topological polar surface area (TPSA) is 79.6 Å². The Kier molecular flexibility index (Phi) is 4.54. The van der Waals surface area contributed by atoms with E-state index in [0.29, 0.717) is 21.7 Å². The number of nitrogens with one attached hydrogen (secondary N) is 1. The minimum atomic E-state index is -0.687. The molecule has 28 heavy (non-hydrogen) atoms. The molecule has 2 aromatic carbocycles. The third kappa shape index (κ3) is 3.11. The molecule has 1 aliphatic heterocycles. The molecule has 0 radical (unpaired) electrons. The molecule has 0 bridgehead atoms. The number of anilines is 1. The first-order valence-corrected chi connectivity index (χ1v) is 8.92. The van der Waals surface area contributed by atoms with Gasteiger partial charge in [-0.25, -0.2) is 0 Å². The summed E-state index contributed by atoms with van der Waals surface area (Å²) < 4.78 is 5.44. The van der Waals surface area contributed by atoms with Crippen molar-refractivity contribution in [1.82, 2.24) is 5.32 Å². The van der Waals surface area contributed by atoms with Crippen LogP contribution in [-0.2, 0) is 9.59 Å². The van der Waals surface area contributed by atoms with Crippen molar-refractivity contribution in [2.24, 2.45) is 0 Å². The highest BCUT2D eigenvalue weighted by Crippen LogP contribution is 2.23. The monoisotopic (exact) mass is 410 g/mol. The predicted molar refractivity (Wildman–Crippen MR) is 110 cm³/mol. The molecule has 2 amide bonds. The van der Waals surface area contributed by atoms with Crippen molar-refractivity contribution in [1.29, 1.82) is 0 Å². The van der Waals surface area contributed by atoms with Crippen LogP contribution in [0.5, 0.6) is 0 Å². The van der Waals surface area contributed by atoms with Gasteiger partial charge < -0.3 is 4.42 Å². The molecule has 1 N–H and O–H groups in total. The molecular weight excluding hydrogens is 400 g/mol. The Morgan fingerprint density at radius 1 is 1.04 bits per heavy atom. The standard InChI is InChI=1S/C20H11ClN2O4S/c21-12-5-7-13(8-6-12)23-19(26)15(18(25)22-20(23)28)9-11-10-27-16-4-2-1-3-14(16)17(11)24/h1-10H,(H,22,25,28)/b15-9-. The van der Waals surface area contributed by atoms with Crippen molar-refractivity contribution < 1.29 is 14.0 Å². The second-order valence-corrected chi connectivity index (χ2v) is 6.77. The highest BCUT2D eigenvalue weighted by atomic mass is 35.5. The van der Waals surface area contributed by atoms with Crippen LogP contribution in [0.3, 0.4) is 0 Å². The SMILES string of the molecule is O=C1NC(=S)N(c2ccc(Cl)cc2)C(=O)/C1=C\c1coc2ccccc2c1=O. The molecule has 3 aromatic rings. The Bertz CT molecular complexity index is 1230. The van der Waals surface area contributed by atoms with Gasteiger partial charge in [-0.2, -0.15) is 0 Å². The van der Waals surface area contributed by atoms with Crippen molar-refractivity contribution in [2.45, 2.75) is 0 Å². The van der Waals surface area contributed by atoms with E-state index in [9.17, 15) is 14.4 Å². The second kappa shape index (κ2) is 7.03. The van der Waals surface area contributed by atoms with Crippen LogP contribution in [0.4, 0.5) is 5.69 Å². The van der Waals surface area contributed by atoms with Gasteiger partial charge in [-0.15, -0.1) is 0 Å². The molecule has 0 spiro atoms. The summed E-state index contributed by atoms with van der Waals surface area (Å²) in [5.74, 6) is -1.34. The van der Waals surface area contributed by atoms with E-state index in [2.05, 4.69) is 5.32 Å². The smallest absolute Gasteiger partial charge is 0.270 e. The van der Waals surface area contributed by atoms with Crippen molar-refractivity contribution in [3.63, 3.8) is 0 Å². The maximum absolute atomic E-state index is 13.0. The van der Waals surface area contributed by atoms with E-state index in [0.717, 1.165) is 0 Å². The molecule has 1 fully saturated rings. The predicted octanol–water partition coefficient (Wildman–Crippen LogP) is 3.28. The van der Waals surface area contributed by atoms with Crippen LogP contribution in [0, 0.1) is 0 Å². The molecule has 0 aliphatic carbocycles. The summed E-state index contributed by atoms with van der Waals surface area (Å²) in [4.78, 5) is 39.1. The van der Waals surface area contributed by atoms with Crippen LogP contribution < -0.4 is 15.6 Å². The number of hydrogen-bond acceptors (Lipinski definition) is 5. The lowest BCUT2D eigenvalue weighted by Crippen LogP contribution is -2.54. The number of amides is 2. The average molecular weight is 411 g/mol. The summed E-state index contributed by atoms with van der Waals surface area (Å²) in [7, 11) is 0. The van der Waals surface area contributed by atoms with Gasteiger partial charge in [-0.1, -0.05) is 23.7 Å². The van der Waals surface area contributed by atoms with E-state index in [1.807, 2.05) is 0 Å². The summed E-state index contributed by atoms with van der Waals surface area (Å²) in [6.45, 7) is 0. The summed E-state index contributed by atoms with van der Waals surface area (Å²) in [5, 5.41) is 3.25. The third-order valence-corrected chi connectivity index (χ3v) is 4.73. The van der Waals surface area contributed by atoms with Gasteiger partial charge in [0, 0.05) is 5.02 Å². The van der Waals surface area contributed by atoms with Crippen LogP contribution in [0.2, 0.25) is 5.02 Å². The summed E-state index contributed by atoms with van der Waals surface area (Å²) in [6, 6.07) is 13.1. The number of carbonyl (C=O) groups is 2. The van der Waals surface area contributed by atoms with Gasteiger partial charge in [-0.3, -0.25) is 24.6 Å². The minimum absolute atomic E-state index is 0.0555. The number of para-hydroxylation sites is 1. The Labute approximate surface area is 169 Å². The molecule has 8 heteroatoms. The van der Waals surface area contributed by atoms with Gasteiger partial charge >= 0.3 is 0 Å². The zero-order valence-corrected chi connectivity index (χ0v) is 15.7. The van der Waals surface area contributed by atoms with Crippen LogP contribution in [-0.4, -0.2) is 16.9 Å². The molecule has 1 aliphatic rings. The van der Waals surface area contributed by atoms with Gasteiger partial charge in [0.05, 0.1) is 16.6 Å². The van der Waals surface area contributed by atoms with Crippen molar-refractivity contribution in [3.8, 4) is 0 Å². The molecule has 138 valence electrons. The summed E-state index contributed by atoms with van der Waals surface area (Å²) in [6.07, 6.45) is 2.43. The fourth-order valence-electron chi connectivity index (χ4n) is 2.83. The number of nitrogens with zero attached hydrogens (tertiary/aromatic N) is 1. The first-order valence-electron chi connectivity index (χ1n) is 8.13. The number of rotatable bonds is 2. The fourth-order valence-corrected chi connectivity index (χ4v) is 3.24. The van der Waals surface area contributed by atoms with Crippen LogP contribution in [0.25, 0.3) is 17.0 Å². The first kappa shape index (κ1) is 18.1. The number of halogens is 1. The zero-order chi connectivity index (χ0) is 19.8. The lowest BCUT2D eigenvalue weighted by molar-refractivity contribution is -0.122. The molecule has 0 saturated carbocycles. The normalized spacial score (nSPS) is 16.0. The van der Waals surface area contributed by atoms with E-state index < -0.39 is 11.8 Å². The largest absolute Gasteiger partial charge is 0.463 e. The highest BCUT2D eigenvalue weighted by Gasteiger charge is 2.34. The quantitative estimate of drug-likeness (QED) is 0.398. The maximum Gasteiger partial charge on any atom is 0.270 e. The molecule has 6 nitrogen and oxygen atoms in total. The Morgan fingerprint density at radius 3 is 2.50 bits per heavy atom. The second-order valence-electron chi connectivity index (χ2n) is 5.95. The maximum atomic E-state index is 13.0. The highest BCUT2D eigenvalue weighted by molar-refractivity contribution is 7.80. The zero-order valence-electron chi connectivity index (χ0n) is 14.1. The molecule has 0 unspecified atom stereocenters. The molecule has 0 atom stereocenters. The third-order valence-electron chi connectivity index (χ3n) is 4.19. The van der Waals surface area contributed by atoms with E-state index >= 15 is 0 Å². The van der Waals surface area contributed by atoms with Crippen molar-refractivity contribution in [2.75, 3.05) is 4.90 Å². The minimum Gasteiger partial charge on any atom is -0.463 e. The van der Waals surface area contributed by atoms with Gasteiger partial charge in [-0.05, 0) is 54.7 Å². The number of fused-ring (bicyclic) bond motifs is 1. The van der Waals surface area contributed by atoms with Gasteiger partial charge in [0.2, 0.25) is 0 Å². The van der Waals surface area contributed by atoms with E-state index in [1.165, 1.54) is 17.2 Å². The number of hydrogen-bond donors (Lipinski definition) is 1. The van der Waals surface area contributed by atoms with Gasteiger partial charge in [0.15, 0.2) is 10.5 Å².